The van der Waals surface area contributed by atoms with Gasteiger partial charge in [-0.3, -0.25) is 0 Å². The van der Waals surface area contributed by atoms with E-state index < -0.39 is 0 Å². The molecule has 0 amide bonds. The van der Waals surface area contributed by atoms with Gasteiger partial charge < -0.3 is 14.2 Å². The van der Waals surface area contributed by atoms with Crippen molar-refractivity contribution in [2.45, 2.75) is 0 Å². The van der Waals surface area contributed by atoms with Crippen molar-refractivity contribution < 1.29 is 4.42 Å². The lowest BCUT2D eigenvalue weighted by Crippen LogP contribution is -2.10. The van der Waals surface area contributed by atoms with Crippen LogP contribution >= 0.6 is 0 Å². The predicted molar refractivity (Wildman–Crippen MR) is 292 cm³/mol. The molecule has 0 aliphatic carbocycles. The second-order valence-corrected chi connectivity index (χ2v) is 17.7. The lowest BCUT2D eigenvalue weighted by atomic mass is 9.95. The quantitative estimate of drug-likeness (QED) is 0.135. The molecule has 0 unspecified atom stereocenters. The molecule has 0 atom stereocenters. The molecule has 3 nitrogen and oxygen atoms in total. The summed E-state index contributed by atoms with van der Waals surface area (Å²) in [5.41, 5.74) is 15.3. The topological polar surface area (TPSA) is 19.6 Å². The molecular weight excluding hydrogens is 837 g/mol. The molecule has 1 heterocycles. The first kappa shape index (κ1) is 40.1. The fraction of sp³-hybridized carbons (Fsp3) is 0. The molecule has 12 aromatic carbocycles. The van der Waals surface area contributed by atoms with Gasteiger partial charge in [-0.2, -0.15) is 0 Å². The first-order valence-electron chi connectivity index (χ1n) is 23.6. The molecule has 3 heteroatoms. The molecule has 0 aliphatic heterocycles. The number of hydrogen-bond donors (Lipinski definition) is 0. The zero-order valence-corrected chi connectivity index (χ0v) is 37.7. The lowest BCUT2D eigenvalue weighted by Gasteiger charge is -2.27. The van der Waals surface area contributed by atoms with Gasteiger partial charge in [0.2, 0.25) is 0 Å². The van der Waals surface area contributed by atoms with Crippen molar-refractivity contribution in [2.24, 2.45) is 0 Å². The molecule has 0 aliphatic rings. The van der Waals surface area contributed by atoms with Crippen LogP contribution in [0.1, 0.15) is 0 Å². The summed E-state index contributed by atoms with van der Waals surface area (Å²) in [7, 11) is 0. The molecule has 0 N–H and O–H groups in total. The number of fused-ring (bicyclic) bond motifs is 9. The van der Waals surface area contributed by atoms with Crippen molar-refractivity contribution in [3.8, 4) is 33.4 Å². The van der Waals surface area contributed by atoms with Crippen molar-refractivity contribution >= 4 is 88.4 Å². The Morgan fingerprint density at radius 3 is 1.32 bits per heavy atom. The van der Waals surface area contributed by atoms with Crippen LogP contribution in [0.5, 0.6) is 0 Å². The molecule has 0 saturated carbocycles. The van der Waals surface area contributed by atoms with Crippen LogP contribution in [0.4, 0.5) is 34.1 Å². The Balaban J connectivity index is 0.891. The standard InChI is InChI=1S/C66H44N2O/c1-4-15-45(16-5-1)47-27-34-53(35-28-47)67(54-36-29-48(30-37-54)46-17-6-2-7-18-46)55-38-31-49(32-39-55)51-33-41-61-64(43-51)69-66-60-42-40-56(44-62(60)58-24-12-13-25-59(58)65(61)66)68(52-21-8-3-9-22-52)63-26-14-20-50-19-10-11-23-57(50)63/h1-44H. The fourth-order valence-electron chi connectivity index (χ4n) is 10.3. The Morgan fingerprint density at radius 1 is 0.246 bits per heavy atom. The summed E-state index contributed by atoms with van der Waals surface area (Å²) in [6.45, 7) is 0. The molecule has 1 aromatic heterocycles. The van der Waals surface area contributed by atoms with Gasteiger partial charge in [-0.25, -0.2) is 0 Å². The summed E-state index contributed by atoms with van der Waals surface area (Å²) >= 11 is 0. The highest BCUT2D eigenvalue weighted by atomic mass is 16.3. The minimum Gasteiger partial charge on any atom is -0.455 e. The first-order chi connectivity index (χ1) is 34.2. The number of nitrogens with zero attached hydrogens (tertiary/aromatic N) is 2. The zero-order chi connectivity index (χ0) is 45.7. The fourth-order valence-corrected chi connectivity index (χ4v) is 10.3. The van der Waals surface area contributed by atoms with Gasteiger partial charge in [-0.1, -0.05) is 182 Å². The smallest absolute Gasteiger partial charge is 0.143 e. The van der Waals surface area contributed by atoms with E-state index in [1.54, 1.807) is 0 Å². The highest BCUT2D eigenvalue weighted by molar-refractivity contribution is 6.30. The summed E-state index contributed by atoms with van der Waals surface area (Å²) in [6.07, 6.45) is 0. The highest BCUT2D eigenvalue weighted by Gasteiger charge is 2.21. The van der Waals surface area contributed by atoms with E-state index in [1.807, 2.05) is 0 Å². The minimum absolute atomic E-state index is 0.869. The Morgan fingerprint density at radius 2 is 0.696 bits per heavy atom. The van der Waals surface area contributed by atoms with Crippen molar-refractivity contribution in [1.29, 1.82) is 0 Å². The number of hydrogen-bond acceptors (Lipinski definition) is 3. The maximum atomic E-state index is 7.00. The summed E-state index contributed by atoms with van der Waals surface area (Å²) in [5, 5.41) is 9.28. The van der Waals surface area contributed by atoms with Crippen molar-refractivity contribution in [2.75, 3.05) is 9.80 Å². The molecule has 0 fully saturated rings. The van der Waals surface area contributed by atoms with Crippen LogP contribution in [0.15, 0.2) is 271 Å². The van der Waals surface area contributed by atoms with E-state index in [2.05, 4.69) is 277 Å². The van der Waals surface area contributed by atoms with E-state index >= 15 is 0 Å². The van der Waals surface area contributed by atoms with Gasteiger partial charge in [0.1, 0.15) is 11.2 Å². The monoisotopic (exact) mass is 880 g/mol. The van der Waals surface area contributed by atoms with Crippen LogP contribution < -0.4 is 9.80 Å². The van der Waals surface area contributed by atoms with E-state index in [1.165, 1.54) is 43.8 Å². The van der Waals surface area contributed by atoms with Gasteiger partial charge in [0.25, 0.3) is 0 Å². The number of para-hydroxylation sites is 1. The summed E-state index contributed by atoms with van der Waals surface area (Å²) in [5.74, 6) is 0. The van der Waals surface area contributed by atoms with Crippen molar-refractivity contribution in [1.82, 2.24) is 0 Å². The largest absolute Gasteiger partial charge is 0.455 e. The summed E-state index contributed by atoms with van der Waals surface area (Å²) in [6, 6.07) is 95.8. The number of furan rings is 1. The summed E-state index contributed by atoms with van der Waals surface area (Å²) < 4.78 is 7.00. The number of rotatable bonds is 9. The third-order valence-electron chi connectivity index (χ3n) is 13.6. The molecule has 324 valence electrons. The molecule has 0 saturated heterocycles. The predicted octanol–water partition coefficient (Wildman–Crippen LogP) is 19.0. The van der Waals surface area contributed by atoms with Gasteiger partial charge >= 0.3 is 0 Å². The molecule has 13 rings (SSSR count). The second-order valence-electron chi connectivity index (χ2n) is 17.7. The van der Waals surface area contributed by atoms with Crippen molar-refractivity contribution in [3.63, 3.8) is 0 Å². The van der Waals surface area contributed by atoms with Gasteiger partial charge in [0.05, 0.1) is 5.69 Å². The number of anilines is 6. The third kappa shape index (κ3) is 7.16. The van der Waals surface area contributed by atoms with E-state index in [0.29, 0.717) is 0 Å². The molecule has 0 bridgehead atoms. The highest BCUT2D eigenvalue weighted by Crippen LogP contribution is 2.46. The Bertz CT molecular complexity index is 3890. The van der Waals surface area contributed by atoms with Crippen LogP contribution in [0.2, 0.25) is 0 Å². The van der Waals surface area contributed by atoms with Crippen LogP contribution in [0.3, 0.4) is 0 Å². The SMILES string of the molecule is c1ccc(-c2ccc(N(c3ccc(-c4ccccc4)cc3)c3ccc(-c4ccc5c(c4)oc4c6ccc(N(c7ccccc7)c7cccc8ccccc78)cc6c6ccccc6c54)cc3)cc2)cc1. The molecule has 0 spiro atoms. The maximum Gasteiger partial charge on any atom is 0.143 e. The molecule has 0 radical (unpaired) electrons. The average Bonchev–Trinajstić information content (AvgIpc) is 3.82. The zero-order valence-electron chi connectivity index (χ0n) is 37.7. The normalized spacial score (nSPS) is 11.5. The number of benzene rings is 12. The van der Waals surface area contributed by atoms with E-state index in [4.69, 9.17) is 4.42 Å². The summed E-state index contributed by atoms with van der Waals surface area (Å²) in [4.78, 5) is 4.71. The first-order valence-corrected chi connectivity index (χ1v) is 23.6. The second kappa shape index (κ2) is 16.9. The molecular formula is C66H44N2O. The van der Waals surface area contributed by atoms with Crippen LogP contribution in [-0.4, -0.2) is 0 Å². The van der Waals surface area contributed by atoms with E-state index in [9.17, 15) is 0 Å². The van der Waals surface area contributed by atoms with Crippen LogP contribution in [0.25, 0.3) is 87.6 Å². The van der Waals surface area contributed by atoms with Crippen LogP contribution in [-0.2, 0) is 0 Å². The third-order valence-corrected chi connectivity index (χ3v) is 13.6. The minimum atomic E-state index is 0.869. The average molecular weight is 881 g/mol. The molecule has 13 aromatic rings. The maximum absolute atomic E-state index is 7.00. The Kier molecular flexibility index (Phi) is 9.84. The van der Waals surface area contributed by atoms with Gasteiger partial charge in [0.15, 0.2) is 0 Å². The van der Waals surface area contributed by atoms with E-state index in [0.717, 1.165) is 78.0 Å². The van der Waals surface area contributed by atoms with Crippen molar-refractivity contribution in [3.05, 3.63) is 267 Å². The van der Waals surface area contributed by atoms with Crippen LogP contribution in [0, 0.1) is 0 Å². The van der Waals surface area contributed by atoms with Gasteiger partial charge in [-0.15, -0.1) is 0 Å². The Hall–Kier alpha value is -9.18. The lowest BCUT2D eigenvalue weighted by molar-refractivity contribution is 0.673. The van der Waals surface area contributed by atoms with E-state index in [-0.39, 0.29) is 0 Å². The Labute approximate surface area is 401 Å². The van der Waals surface area contributed by atoms with Gasteiger partial charge in [-0.05, 0) is 140 Å². The molecule has 69 heavy (non-hydrogen) atoms. The van der Waals surface area contributed by atoms with Gasteiger partial charge in [0, 0.05) is 50.0 Å².